The van der Waals surface area contributed by atoms with Gasteiger partial charge in [0.25, 0.3) is 0 Å². The van der Waals surface area contributed by atoms with Gasteiger partial charge in [0.05, 0.1) is 0 Å². The Morgan fingerprint density at radius 3 is 2.68 bits per heavy atom. The average Bonchev–Trinajstić information content (AvgIpc) is 2.39. The van der Waals surface area contributed by atoms with Gasteiger partial charge in [-0.25, -0.2) is 8.78 Å². The summed E-state index contributed by atoms with van der Waals surface area (Å²) < 4.78 is 26.4. The third-order valence-corrected chi connectivity index (χ3v) is 3.04. The Hall–Kier alpha value is -1.45. The molecule has 2 aromatic rings. The van der Waals surface area contributed by atoms with Gasteiger partial charge in [-0.15, -0.1) is 0 Å². The molecule has 4 heteroatoms. The van der Waals surface area contributed by atoms with Crippen molar-refractivity contribution in [1.82, 2.24) is 5.32 Å². The molecule has 0 saturated carbocycles. The minimum absolute atomic E-state index is 0.238. The molecule has 0 aliphatic carbocycles. The molecule has 2 aromatic carbocycles. The minimum atomic E-state index is -0.275. The fourth-order valence-corrected chi connectivity index (χ4v) is 2.02. The molecule has 0 aliphatic heterocycles. The first-order chi connectivity index (χ1) is 9.15. The maximum absolute atomic E-state index is 13.4. The van der Waals surface area contributed by atoms with Crippen LogP contribution in [0, 0.1) is 11.6 Å². The third kappa shape index (κ3) is 4.30. The number of hydrogen-bond donors (Lipinski definition) is 1. The van der Waals surface area contributed by atoms with Crippen molar-refractivity contribution < 1.29 is 8.78 Å². The molecule has 0 unspecified atom stereocenters. The molecular weight excluding hydrogens is 268 g/mol. The Morgan fingerprint density at radius 1 is 1.05 bits per heavy atom. The Bertz CT molecular complexity index is 558. The lowest BCUT2D eigenvalue weighted by Gasteiger charge is -2.07. The first-order valence-corrected chi connectivity index (χ1v) is 6.42. The lowest BCUT2D eigenvalue weighted by Crippen LogP contribution is -2.17. The van der Waals surface area contributed by atoms with E-state index in [1.165, 1.54) is 24.3 Å². The van der Waals surface area contributed by atoms with Crippen LogP contribution < -0.4 is 5.32 Å². The van der Waals surface area contributed by atoms with Gasteiger partial charge in [0, 0.05) is 17.1 Å². The molecule has 0 spiro atoms. The number of hydrogen-bond acceptors (Lipinski definition) is 1. The molecular formula is C15H14ClF2N. The molecule has 0 bridgehead atoms. The first kappa shape index (κ1) is 14.0. The molecule has 100 valence electrons. The maximum Gasteiger partial charge on any atom is 0.127 e. The highest BCUT2D eigenvalue weighted by atomic mass is 35.5. The summed E-state index contributed by atoms with van der Waals surface area (Å²) in [6.45, 7) is 1.05. The second kappa shape index (κ2) is 6.64. The number of nitrogens with one attached hydrogen (secondary N) is 1. The van der Waals surface area contributed by atoms with Crippen LogP contribution in [0.5, 0.6) is 0 Å². The van der Waals surface area contributed by atoms with E-state index in [1.54, 1.807) is 12.1 Å². The highest BCUT2D eigenvalue weighted by molar-refractivity contribution is 6.30. The molecule has 1 N–H and O–H groups in total. The number of rotatable bonds is 5. The van der Waals surface area contributed by atoms with Gasteiger partial charge < -0.3 is 5.32 Å². The van der Waals surface area contributed by atoms with Crippen LogP contribution in [-0.2, 0) is 13.0 Å². The summed E-state index contributed by atoms with van der Waals surface area (Å²) in [5.74, 6) is -0.513. The summed E-state index contributed by atoms with van der Waals surface area (Å²) in [7, 11) is 0. The van der Waals surface area contributed by atoms with Crippen molar-refractivity contribution in [3.63, 3.8) is 0 Å². The van der Waals surface area contributed by atoms with Gasteiger partial charge in [-0.05, 0) is 48.9 Å². The predicted octanol–water partition coefficient (Wildman–Crippen LogP) is 3.95. The van der Waals surface area contributed by atoms with E-state index in [0.717, 1.165) is 5.56 Å². The van der Waals surface area contributed by atoms with E-state index in [0.29, 0.717) is 30.1 Å². The normalized spacial score (nSPS) is 10.7. The van der Waals surface area contributed by atoms with E-state index in [9.17, 15) is 8.78 Å². The van der Waals surface area contributed by atoms with Crippen LogP contribution in [0.25, 0.3) is 0 Å². The van der Waals surface area contributed by atoms with Crippen molar-refractivity contribution in [2.45, 2.75) is 13.0 Å². The van der Waals surface area contributed by atoms with Gasteiger partial charge in [0.15, 0.2) is 0 Å². The molecule has 0 amide bonds. The van der Waals surface area contributed by atoms with Gasteiger partial charge in [-0.3, -0.25) is 0 Å². The Morgan fingerprint density at radius 2 is 1.89 bits per heavy atom. The van der Waals surface area contributed by atoms with Crippen LogP contribution in [0.2, 0.25) is 5.02 Å². The van der Waals surface area contributed by atoms with Crippen molar-refractivity contribution in [3.8, 4) is 0 Å². The van der Waals surface area contributed by atoms with Gasteiger partial charge in [0.1, 0.15) is 11.6 Å². The maximum atomic E-state index is 13.4. The fraction of sp³-hybridized carbons (Fsp3) is 0.200. The van der Waals surface area contributed by atoms with Gasteiger partial charge in [-0.1, -0.05) is 23.7 Å². The molecule has 0 radical (unpaired) electrons. The molecule has 19 heavy (non-hydrogen) atoms. The minimum Gasteiger partial charge on any atom is -0.312 e. The van der Waals surface area contributed by atoms with Crippen LogP contribution in [0.4, 0.5) is 8.78 Å². The summed E-state index contributed by atoms with van der Waals surface area (Å²) in [6, 6.07) is 10.9. The Labute approximate surface area is 116 Å². The largest absolute Gasteiger partial charge is 0.312 e. The molecule has 0 aliphatic rings. The highest BCUT2D eigenvalue weighted by Crippen LogP contribution is 2.14. The summed E-state index contributed by atoms with van der Waals surface area (Å²) in [5, 5.41) is 3.63. The van der Waals surface area contributed by atoms with Crippen LogP contribution in [0.1, 0.15) is 11.1 Å². The van der Waals surface area contributed by atoms with E-state index < -0.39 is 0 Å². The zero-order chi connectivity index (χ0) is 13.7. The van der Waals surface area contributed by atoms with Crippen LogP contribution in [0.3, 0.4) is 0 Å². The average molecular weight is 282 g/mol. The molecule has 0 fully saturated rings. The molecule has 0 atom stereocenters. The van der Waals surface area contributed by atoms with Crippen LogP contribution in [0.15, 0.2) is 42.5 Å². The van der Waals surface area contributed by atoms with Crippen LogP contribution >= 0.6 is 11.6 Å². The second-order valence-corrected chi connectivity index (χ2v) is 4.73. The van der Waals surface area contributed by atoms with Crippen molar-refractivity contribution in [2.75, 3.05) is 6.54 Å². The molecule has 1 nitrogen and oxygen atoms in total. The smallest absolute Gasteiger partial charge is 0.127 e. The zero-order valence-corrected chi connectivity index (χ0v) is 11.1. The van der Waals surface area contributed by atoms with E-state index in [2.05, 4.69) is 5.32 Å². The lowest BCUT2D eigenvalue weighted by atomic mass is 10.1. The summed E-state index contributed by atoms with van der Waals surface area (Å²) >= 11 is 5.81. The van der Waals surface area contributed by atoms with Gasteiger partial charge in [0.2, 0.25) is 0 Å². The van der Waals surface area contributed by atoms with Crippen molar-refractivity contribution in [3.05, 3.63) is 70.2 Å². The second-order valence-electron chi connectivity index (χ2n) is 4.29. The van der Waals surface area contributed by atoms with Gasteiger partial charge in [-0.2, -0.15) is 0 Å². The van der Waals surface area contributed by atoms with E-state index in [4.69, 9.17) is 11.6 Å². The van der Waals surface area contributed by atoms with Crippen molar-refractivity contribution in [1.29, 1.82) is 0 Å². The molecule has 0 heterocycles. The number of halogens is 3. The Balaban J connectivity index is 1.82. The van der Waals surface area contributed by atoms with Gasteiger partial charge >= 0.3 is 0 Å². The topological polar surface area (TPSA) is 12.0 Å². The van der Waals surface area contributed by atoms with Crippen LogP contribution in [-0.4, -0.2) is 6.54 Å². The quantitative estimate of drug-likeness (QED) is 0.818. The first-order valence-electron chi connectivity index (χ1n) is 6.04. The van der Waals surface area contributed by atoms with E-state index >= 15 is 0 Å². The Kier molecular flexibility index (Phi) is 4.88. The summed E-state index contributed by atoms with van der Waals surface area (Å²) in [5.41, 5.74) is 1.45. The zero-order valence-electron chi connectivity index (χ0n) is 10.3. The molecule has 0 aromatic heterocycles. The summed E-state index contributed by atoms with van der Waals surface area (Å²) in [4.78, 5) is 0. The summed E-state index contributed by atoms with van der Waals surface area (Å²) in [6.07, 6.45) is 0.694. The van der Waals surface area contributed by atoms with E-state index in [1.807, 2.05) is 6.07 Å². The lowest BCUT2D eigenvalue weighted by molar-refractivity contribution is 0.587. The number of benzene rings is 2. The standard InChI is InChI=1S/C15H14ClF2N/c16-13-4-5-15(18)12(9-13)10-19-7-6-11-2-1-3-14(17)8-11/h1-5,8-9,19H,6-7,10H2. The molecule has 2 rings (SSSR count). The molecule has 0 saturated heterocycles. The third-order valence-electron chi connectivity index (χ3n) is 2.80. The fourth-order valence-electron chi connectivity index (χ4n) is 1.83. The predicted molar refractivity (Wildman–Crippen MR) is 73.2 cm³/mol. The monoisotopic (exact) mass is 281 g/mol. The SMILES string of the molecule is Fc1cccc(CCNCc2cc(Cl)ccc2F)c1. The van der Waals surface area contributed by atoms with Crippen molar-refractivity contribution >= 4 is 11.6 Å². The highest BCUT2D eigenvalue weighted by Gasteiger charge is 2.02. The van der Waals surface area contributed by atoms with E-state index in [-0.39, 0.29) is 11.6 Å². The van der Waals surface area contributed by atoms with Crippen molar-refractivity contribution in [2.24, 2.45) is 0 Å².